The van der Waals surface area contributed by atoms with Gasteiger partial charge in [0, 0.05) is 44.0 Å². The van der Waals surface area contributed by atoms with Crippen LogP contribution in [0.4, 0.5) is 0 Å². The first-order chi connectivity index (χ1) is 30.7. The first kappa shape index (κ1) is 38.6. The monoisotopic (exact) mass is 830 g/mol. The van der Waals surface area contributed by atoms with E-state index in [2.05, 4.69) is 195 Å². The molecule has 13 rings (SSSR count). The van der Waals surface area contributed by atoms with Gasteiger partial charge >= 0.3 is 0 Å². The van der Waals surface area contributed by atoms with Gasteiger partial charge in [-0.25, -0.2) is 0 Å². The van der Waals surface area contributed by atoms with E-state index in [1.165, 1.54) is 138 Å². The van der Waals surface area contributed by atoms with E-state index in [1.807, 2.05) is 0 Å². The van der Waals surface area contributed by atoms with Crippen LogP contribution in [-0.4, -0.2) is 15.8 Å². The molecule has 2 aromatic heterocycles. The topological polar surface area (TPSA) is 9.86 Å². The van der Waals surface area contributed by atoms with Crippen molar-refractivity contribution >= 4 is 66.7 Å². The lowest BCUT2D eigenvalue weighted by molar-refractivity contribution is 0.741. The van der Waals surface area contributed by atoms with Gasteiger partial charge in [0.2, 0.25) is 0 Å². The van der Waals surface area contributed by atoms with Crippen LogP contribution in [0.1, 0.15) is 174 Å². The van der Waals surface area contributed by atoms with Crippen LogP contribution >= 0.6 is 0 Å². The average Bonchev–Trinajstić information content (AvgIpc) is 3.90. The summed E-state index contributed by atoms with van der Waals surface area (Å²) >= 11 is 0. The Bertz CT molecular complexity index is 3520. The summed E-state index contributed by atoms with van der Waals surface area (Å²) in [6, 6.07) is 42.8. The normalized spacial score (nSPS) is 14.9. The minimum atomic E-state index is -0.503. The highest BCUT2D eigenvalue weighted by Gasteiger charge is 2.54. The van der Waals surface area contributed by atoms with E-state index in [9.17, 15) is 0 Å². The highest BCUT2D eigenvalue weighted by atomic mass is 15.1. The molecule has 0 unspecified atom stereocenters. The van der Waals surface area contributed by atoms with Gasteiger partial charge in [-0.2, -0.15) is 0 Å². The van der Waals surface area contributed by atoms with Gasteiger partial charge in [-0.15, -0.1) is 0 Å². The zero-order chi connectivity index (χ0) is 44.2. The molecule has 0 bridgehead atoms. The van der Waals surface area contributed by atoms with Gasteiger partial charge in [-0.05, 0) is 143 Å². The smallest absolute Gasteiger partial charge is 0.252 e. The van der Waals surface area contributed by atoms with E-state index in [0.717, 1.165) is 0 Å². The van der Waals surface area contributed by atoms with Crippen molar-refractivity contribution < 1.29 is 0 Å². The van der Waals surface area contributed by atoms with E-state index in [1.54, 1.807) is 0 Å². The summed E-state index contributed by atoms with van der Waals surface area (Å²) in [5, 5.41) is 5.71. The second kappa shape index (κ2) is 12.7. The second-order valence-electron chi connectivity index (χ2n) is 22.0. The maximum absolute atomic E-state index is 2.79. The van der Waals surface area contributed by atoms with E-state index >= 15 is 0 Å². The second-order valence-corrected chi connectivity index (χ2v) is 22.0. The van der Waals surface area contributed by atoms with Crippen LogP contribution < -0.4 is 16.4 Å². The maximum Gasteiger partial charge on any atom is 0.252 e. The number of nitrogens with zero attached hydrogens (tertiary/aromatic N) is 2. The summed E-state index contributed by atoms with van der Waals surface area (Å²) in [7, 11) is 0. The van der Waals surface area contributed by atoms with Crippen molar-refractivity contribution in [3.05, 3.63) is 159 Å². The van der Waals surface area contributed by atoms with Crippen LogP contribution in [0.25, 0.3) is 66.1 Å². The number of aromatic nitrogens is 2. The Labute approximate surface area is 379 Å². The van der Waals surface area contributed by atoms with Gasteiger partial charge in [0.15, 0.2) is 0 Å². The molecule has 3 aliphatic heterocycles. The molecular weight excluding hydrogens is 771 g/mol. The van der Waals surface area contributed by atoms with Crippen molar-refractivity contribution in [2.45, 2.75) is 124 Å². The van der Waals surface area contributed by atoms with Gasteiger partial charge in [-0.3, -0.25) is 0 Å². The third kappa shape index (κ3) is 4.45. The van der Waals surface area contributed by atoms with Crippen LogP contribution in [-0.2, 0) is 5.41 Å². The zero-order valence-corrected chi connectivity index (χ0v) is 39.8. The number of hydrogen-bond acceptors (Lipinski definition) is 0. The molecule has 316 valence electrons. The number of benzene rings is 7. The van der Waals surface area contributed by atoms with Gasteiger partial charge in [0.1, 0.15) is 0 Å². The lowest BCUT2D eigenvalue weighted by atomic mass is 9.33. The Kier molecular flexibility index (Phi) is 7.68. The Morgan fingerprint density at radius 3 is 1.61 bits per heavy atom. The quantitative estimate of drug-likeness (QED) is 0.148. The van der Waals surface area contributed by atoms with Crippen molar-refractivity contribution in [3.8, 4) is 22.5 Å². The average molecular weight is 831 g/mol. The van der Waals surface area contributed by atoms with Crippen LogP contribution in [0.15, 0.2) is 103 Å². The molecule has 9 aromatic rings. The molecule has 64 heavy (non-hydrogen) atoms. The van der Waals surface area contributed by atoms with E-state index in [-0.39, 0.29) is 6.71 Å². The molecule has 0 N–H and O–H groups in total. The molecule has 0 radical (unpaired) electrons. The summed E-state index contributed by atoms with van der Waals surface area (Å²) in [5.41, 5.74) is 29.3. The lowest BCUT2D eigenvalue weighted by Gasteiger charge is -2.44. The summed E-state index contributed by atoms with van der Waals surface area (Å²) in [6.45, 7) is 28.5. The van der Waals surface area contributed by atoms with Crippen LogP contribution in [0.3, 0.4) is 0 Å². The highest BCUT2D eigenvalue weighted by molar-refractivity contribution is 7.00. The zero-order valence-electron chi connectivity index (χ0n) is 39.8. The SMILES string of the molecule is CC(C)c1ccc2c(c1)-c1cc(C(C)C)ccc1C21c2ccc3c4c2-n2c5c(cc(C(C)C)cc5c5cc(C(C)C)cc1c52)B4c1ccc(C(C)C)c2c4c(C(C)C)cccc4n-3c12. The predicted octanol–water partition coefficient (Wildman–Crippen LogP) is 14.4. The molecule has 1 aliphatic carbocycles. The van der Waals surface area contributed by atoms with Gasteiger partial charge in [-0.1, -0.05) is 162 Å². The third-order valence-corrected chi connectivity index (χ3v) is 16.5. The Morgan fingerprint density at radius 2 is 1.00 bits per heavy atom. The van der Waals surface area contributed by atoms with Crippen molar-refractivity contribution in [2.24, 2.45) is 0 Å². The molecule has 5 heterocycles. The largest absolute Gasteiger partial charge is 0.310 e. The molecule has 4 aliphatic rings. The molecule has 2 nitrogen and oxygen atoms in total. The first-order valence-corrected chi connectivity index (χ1v) is 24.5. The van der Waals surface area contributed by atoms with E-state index in [4.69, 9.17) is 0 Å². The Balaban J connectivity index is 1.30. The third-order valence-electron chi connectivity index (χ3n) is 16.5. The van der Waals surface area contributed by atoms with Crippen molar-refractivity contribution in [2.75, 3.05) is 0 Å². The van der Waals surface area contributed by atoms with Crippen LogP contribution in [0.2, 0.25) is 0 Å². The molecular formula is C61H59BN2. The Hall–Kier alpha value is -5.80. The fraction of sp³-hybridized carbons (Fsp3) is 0.311. The lowest BCUT2D eigenvalue weighted by Crippen LogP contribution is -2.60. The van der Waals surface area contributed by atoms with Gasteiger partial charge < -0.3 is 9.13 Å². The molecule has 0 saturated heterocycles. The first-order valence-electron chi connectivity index (χ1n) is 24.5. The predicted molar refractivity (Wildman–Crippen MR) is 275 cm³/mol. The summed E-state index contributed by atoms with van der Waals surface area (Å²) < 4.78 is 5.50. The van der Waals surface area contributed by atoms with E-state index < -0.39 is 5.41 Å². The van der Waals surface area contributed by atoms with Crippen molar-refractivity contribution in [1.82, 2.24) is 9.13 Å². The number of rotatable bonds is 6. The molecule has 0 amide bonds. The van der Waals surface area contributed by atoms with Crippen LogP contribution in [0, 0.1) is 0 Å². The minimum absolute atomic E-state index is 0.0844. The fourth-order valence-corrected chi connectivity index (χ4v) is 13.4. The molecule has 0 fully saturated rings. The molecule has 0 atom stereocenters. The summed E-state index contributed by atoms with van der Waals surface area (Å²) in [4.78, 5) is 0. The minimum Gasteiger partial charge on any atom is -0.310 e. The van der Waals surface area contributed by atoms with Crippen molar-refractivity contribution in [3.63, 3.8) is 0 Å². The molecule has 3 heteroatoms. The maximum atomic E-state index is 2.79. The standard InChI is InChI=1S/C61H59BN2/c1-30(2)36-16-19-46-42(24-36)43-25-37(31(3)4)17-20-47(43)61(46)48-21-23-53-56-59(48)64-57-44(26-38(32(5)6)28-49(57)61)45-27-39(33(7)8)29-51(58(45)64)62(56)50-22-18-41(35(11)12)55-54-40(34(9)10)14-13-15-52(54)63(53)60(50)55/h13-35H,1-12H3. The molecule has 0 saturated carbocycles. The highest BCUT2D eigenvalue weighted by Crippen LogP contribution is 2.62. The summed E-state index contributed by atoms with van der Waals surface area (Å²) in [6.07, 6.45) is 0. The number of hydrogen-bond donors (Lipinski definition) is 0. The summed E-state index contributed by atoms with van der Waals surface area (Å²) in [5.74, 6) is 2.43. The molecule has 1 spiro atoms. The van der Waals surface area contributed by atoms with Gasteiger partial charge in [0.05, 0.1) is 16.4 Å². The fourth-order valence-electron chi connectivity index (χ4n) is 13.4. The molecule has 7 aromatic carbocycles. The van der Waals surface area contributed by atoms with Crippen LogP contribution in [0.5, 0.6) is 0 Å². The Morgan fingerprint density at radius 1 is 0.422 bits per heavy atom. The van der Waals surface area contributed by atoms with Crippen molar-refractivity contribution in [1.29, 1.82) is 0 Å². The van der Waals surface area contributed by atoms with Gasteiger partial charge in [0.25, 0.3) is 6.71 Å². The number of fused-ring (bicyclic) bond motifs is 14. The van der Waals surface area contributed by atoms with E-state index in [0.29, 0.717) is 35.5 Å².